The van der Waals surface area contributed by atoms with Crippen LogP contribution in [0.25, 0.3) is 6.08 Å². The van der Waals surface area contributed by atoms with Crippen molar-refractivity contribution in [3.63, 3.8) is 0 Å². The number of anilines is 1. The number of carboxylic acid groups (broad SMARTS) is 1. The van der Waals surface area contributed by atoms with Crippen molar-refractivity contribution in [1.29, 1.82) is 0 Å². The highest BCUT2D eigenvalue weighted by molar-refractivity contribution is 5.89. The Morgan fingerprint density at radius 3 is 2.43 bits per heavy atom. The molecule has 2 N–H and O–H groups in total. The van der Waals surface area contributed by atoms with E-state index in [0.29, 0.717) is 12.2 Å². The number of hydrogen-bond acceptors (Lipinski definition) is 2. The first-order valence-electron chi connectivity index (χ1n) is 7.13. The van der Waals surface area contributed by atoms with E-state index in [-0.39, 0.29) is 6.03 Å². The van der Waals surface area contributed by atoms with Crippen molar-refractivity contribution in [2.45, 2.75) is 26.7 Å². The average molecular weight is 290 g/mol. The molecule has 0 aromatic heterocycles. The Hall–Kier alpha value is -2.30. The van der Waals surface area contributed by atoms with Crippen molar-refractivity contribution in [1.82, 2.24) is 4.90 Å². The molecule has 0 fully saturated rings. The zero-order chi connectivity index (χ0) is 15.7. The van der Waals surface area contributed by atoms with Gasteiger partial charge in [0.2, 0.25) is 0 Å². The molecule has 2 amide bonds. The van der Waals surface area contributed by atoms with Crippen LogP contribution in [0.2, 0.25) is 0 Å². The minimum absolute atomic E-state index is 0.111. The van der Waals surface area contributed by atoms with E-state index in [9.17, 15) is 9.59 Å². The number of carboxylic acids is 1. The number of carbonyl (C=O) groups is 2. The van der Waals surface area contributed by atoms with E-state index in [1.54, 1.807) is 29.2 Å². The summed E-state index contributed by atoms with van der Waals surface area (Å²) in [5.74, 6) is -0.984. The molecule has 1 rings (SSSR count). The highest BCUT2D eigenvalue weighted by Crippen LogP contribution is 2.12. The van der Waals surface area contributed by atoms with Gasteiger partial charge >= 0.3 is 12.0 Å². The smallest absolute Gasteiger partial charge is 0.328 e. The molecule has 1 aromatic rings. The molecule has 0 aliphatic carbocycles. The lowest BCUT2D eigenvalue weighted by atomic mass is 10.2. The number of hydrogen-bond donors (Lipinski definition) is 2. The van der Waals surface area contributed by atoms with Crippen molar-refractivity contribution in [2.75, 3.05) is 18.4 Å². The lowest BCUT2D eigenvalue weighted by molar-refractivity contribution is -0.131. The van der Waals surface area contributed by atoms with Crippen LogP contribution < -0.4 is 5.32 Å². The second-order valence-corrected chi connectivity index (χ2v) is 4.66. The van der Waals surface area contributed by atoms with Gasteiger partial charge in [-0.15, -0.1) is 0 Å². The second-order valence-electron chi connectivity index (χ2n) is 4.66. The summed E-state index contributed by atoms with van der Waals surface area (Å²) < 4.78 is 0. The normalized spacial score (nSPS) is 10.6. The van der Waals surface area contributed by atoms with Gasteiger partial charge in [0.05, 0.1) is 0 Å². The summed E-state index contributed by atoms with van der Waals surface area (Å²) in [4.78, 5) is 24.3. The van der Waals surface area contributed by atoms with E-state index >= 15 is 0 Å². The zero-order valence-electron chi connectivity index (χ0n) is 12.5. The molecular formula is C16H22N2O3. The minimum Gasteiger partial charge on any atom is -0.478 e. The number of unbranched alkanes of at least 4 members (excludes halogenated alkanes) is 1. The van der Waals surface area contributed by atoms with E-state index in [4.69, 9.17) is 5.11 Å². The highest BCUT2D eigenvalue weighted by atomic mass is 16.4. The third kappa shape index (κ3) is 6.12. The molecule has 0 heterocycles. The molecule has 0 aliphatic heterocycles. The summed E-state index contributed by atoms with van der Waals surface area (Å²) in [6, 6.07) is 6.93. The van der Waals surface area contributed by atoms with E-state index in [2.05, 4.69) is 12.2 Å². The Bertz CT molecular complexity index is 495. The third-order valence-electron chi connectivity index (χ3n) is 3.03. The first-order chi connectivity index (χ1) is 10.1. The fraction of sp³-hybridized carbons (Fsp3) is 0.375. The Morgan fingerprint density at radius 2 is 1.90 bits per heavy atom. The van der Waals surface area contributed by atoms with Gasteiger partial charge in [-0.2, -0.15) is 0 Å². The number of aliphatic carboxylic acids is 1. The first kappa shape index (κ1) is 16.8. The summed E-state index contributed by atoms with van der Waals surface area (Å²) in [6.07, 6.45) is 4.62. The number of benzene rings is 1. The van der Waals surface area contributed by atoms with Crippen molar-refractivity contribution >= 4 is 23.8 Å². The molecule has 0 spiro atoms. The van der Waals surface area contributed by atoms with E-state index in [0.717, 1.165) is 31.0 Å². The van der Waals surface area contributed by atoms with E-state index < -0.39 is 5.97 Å². The van der Waals surface area contributed by atoms with Gasteiger partial charge in [0, 0.05) is 24.9 Å². The van der Waals surface area contributed by atoms with Gasteiger partial charge in [-0.05, 0) is 37.1 Å². The molecular weight excluding hydrogens is 268 g/mol. The first-order valence-corrected chi connectivity index (χ1v) is 7.13. The quantitative estimate of drug-likeness (QED) is 0.756. The van der Waals surface area contributed by atoms with Gasteiger partial charge in [-0.3, -0.25) is 0 Å². The Kier molecular flexibility index (Phi) is 7.01. The fourth-order valence-corrected chi connectivity index (χ4v) is 1.80. The van der Waals surface area contributed by atoms with Gasteiger partial charge in [0.25, 0.3) is 0 Å². The Labute approximate surface area is 125 Å². The van der Waals surface area contributed by atoms with Gasteiger partial charge in [0.1, 0.15) is 0 Å². The molecule has 0 radical (unpaired) electrons. The maximum absolute atomic E-state index is 12.1. The molecule has 5 nitrogen and oxygen atoms in total. The maximum Gasteiger partial charge on any atom is 0.328 e. The molecule has 0 bridgehead atoms. The number of nitrogens with zero attached hydrogens (tertiary/aromatic N) is 1. The molecule has 5 heteroatoms. The van der Waals surface area contributed by atoms with Crippen molar-refractivity contribution in [3.8, 4) is 0 Å². The SMILES string of the molecule is CCCCN(CC)C(=O)Nc1ccc(C=CC(=O)O)cc1. The van der Waals surface area contributed by atoms with E-state index in [1.165, 1.54) is 6.08 Å². The van der Waals surface area contributed by atoms with Crippen LogP contribution in [0.3, 0.4) is 0 Å². The topological polar surface area (TPSA) is 69.6 Å². The number of carbonyl (C=O) groups excluding carboxylic acids is 1. The van der Waals surface area contributed by atoms with Crippen LogP contribution in [-0.2, 0) is 4.79 Å². The Balaban J connectivity index is 2.62. The average Bonchev–Trinajstić information content (AvgIpc) is 2.47. The monoisotopic (exact) mass is 290 g/mol. The Morgan fingerprint density at radius 1 is 1.24 bits per heavy atom. The summed E-state index contributed by atoms with van der Waals surface area (Å²) >= 11 is 0. The van der Waals surface area contributed by atoms with Crippen molar-refractivity contribution < 1.29 is 14.7 Å². The predicted molar refractivity (Wildman–Crippen MR) is 84.3 cm³/mol. The molecule has 0 aliphatic rings. The largest absolute Gasteiger partial charge is 0.478 e. The molecule has 0 saturated carbocycles. The second kappa shape index (κ2) is 8.79. The van der Waals surface area contributed by atoms with Crippen LogP contribution >= 0.6 is 0 Å². The highest BCUT2D eigenvalue weighted by Gasteiger charge is 2.10. The molecule has 0 saturated heterocycles. The van der Waals surface area contributed by atoms with Gasteiger partial charge < -0.3 is 15.3 Å². The number of nitrogens with one attached hydrogen (secondary N) is 1. The third-order valence-corrected chi connectivity index (χ3v) is 3.03. The van der Waals surface area contributed by atoms with Crippen LogP contribution in [0.1, 0.15) is 32.3 Å². The molecule has 0 unspecified atom stereocenters. The number of urea groups is 1. The number of amides is 2. The van der Waals surface area contributed by atoms with Gasteiger partial charge in [0.15, 0.2) is 0 Å². The van der Waals surface area contributed by atoms with Crippen LogP contribution in [0, 0.1) is 0 Å². The molecule has 1 aromatic carbocycles. The predicted octanol–water partition coefficient (Wildman–Crippen LogP) is 3.44. The van der Waals surface area contributed by atoms with Crippen molar-refractivity contribution in [3.05, 3.63) is 35.9 Å². The summed E-state index contributed by atoms with van der Waals surface area (Å²) in [7, 11) is 0. The van der Waals surface area contributed by atoms with E-state index in [1.807, 2.05) is 6.92 Å². The molecule has 114 valence electrons. The summed E-state index contributed by atoms with van der Waals surface area (Å²) in [5, 5.41) is 11.4. The van der Waals surface area contributed by atoms with Crippen LogP contribution in [0.15, 0.2) is 30.3 Å². The maximum atomic E-state index is 12.1. The van der Waals surface area contributed by atoms with Crippen molar-refractivity contribution in [2.24, 2.45) is 0 Å². The standard InChI is InChI=1S/C16H22N2O3/c1-3-5-12-18(4-2)16(21)17-14-9-6-13(7-10-14)8-11-15(19)20/h6-11H,3-5,12H2,1-2H3,(H,17,21)(H,19,20). The molecule has 0 atom stereocenters. The lowest BCUT2D eigenvalue weighted by Gasteiger charge is -2.21. The van der Waals surface area contributed by atoms with Gasteiger partial charge in [-0.25, -0.2) is 9.59 Å². The minimum atomic E-state index is -0.984. The van der Waals surface area contributed by atoms with Crippen LogP contribution in [0.5, 0.6) is 0 Å². The molecule has 21 heavy (non-hydrogen) atoms. The van der Waals surface area contributed by atoms with Gasteiger partial charge in [-0.1, -0.05) is 25.5 Å². The number of rotatable bonds is 7. The van der Waals surface area contributed by atoms with Crippen LogP contribution in [-0.4, -0.2) is 35.1 Å². The van der Waals surface area contributed by atoms with Crippen LogP contribution in [0.4, 0.5) is 10.5 Å². The fourth-order valence-electron chi connectivity index (χ4n) is 1.80. The summed E-state index contributed by atoms with van der Waals surface area (Å²) in [5.41, 5.74) is 1.47. The zero-order valence-corrected chi connectivity index (χ0v) is 12.5. The lowest BCUT2D eigenvalue weighted by Crippen LogP contribution is -2.35. The summed E-state index contributed by atoms with van der Waals surface area (Å²) in [6.45, 7) is 5.47.